The molecule has 1 aliphatic rings. The van der Waals surface area contributed by atoms with Gasteiger partial charge >= 0.3 is 0 Å². The lowest BCUT2D eigenvalue weighted by Crippen LogP contribution is -2.24. The first-order valence-corrected chi connectivity index (χ1v) is 5.69. The molecule has 0 radical (unpaired) electrons. The van der Waals surface area contributed by atoms with Gasteiger partial charge in [-0.3, -0.25) is 9.89 Å². The third-order valence-electron chi connectivity index (χ3n) is 2.79. The van der Waals surface area contributed by atoms with Crippen molar-refractivity contribution in [3.63, 3.8) is 0 Å². The lowest BCUT2D eigenvalue weighted by atomic mass is 10.2. The Kier molecular flexibility index (Phi) is 2.71. The number of H-pyrrole nitrogens is 1. The molecule has 3 rings (SSSR count). The maximum atomic E-state index is 11.8. The molecule has 0 fully saturated rings. The highest BCUT2D eigenvalue weighted by molar-refractivity contribution is 5.96. The summed E-state index contributed by atoms with van der Waals surface area (Å²) >= 11 is 0. The quantitative estimate of drug-likeness (QED) is 0.752. The Morgan fingerprint density at radius 1 is 1.42 bits per heavy atom. The topological polar surface area (TPSA) is 102 Å². The highest BCUT2D eigenvalue weighted by Crippen LogP contribution is 2.32. The molecule has 1 aromatic carbocycles. The first kappa shape index (κ1) is 11.4. The number of nitrogens with zero attached hydrogens (tertiary/aromatic N) is 1. The van der Waals surface area contributed by atoms with E-state index in [2.05, 4.69) is 15.5 Å². The van der Waals surface area contributed by atoms with E-state index in [0.717, 1.165) is 5.56 Å². The molecule has 98 valence electrons. The van der Waals surface area contributed by atoms with Gasteiger partial charge in [0.2, 0.25) is 6.79 Å². The van der Waals surface area contributed by atoms with Gasteiger partial charge in [0.1, 0.15) is 5.69 Å². The second kappa shape index (κ2) is 4.52. The number of rotatable bonds is 3. The molecule has 7 nitrogen and oxygen atoms in total. The maximum Gasteiger partial charge on any atom is 0.271 e. The van der Waals surface area contributed by atoms with E-state index in [1.165, 1.54) is 6.20 Å². The average molecular weight is 260 g/mol. The van der Waals surface area contributed by atoms with Crippen LogP contribution in [0.1, 0.15) is 16.1 Å². The summed E-state index contributed by atoms with van der Waals surface area (Å²) in [6.07, 6.45) is 1.40. The number of nitrogens with two attached hydrogens (primary N) is 1. The molecule has 0 aliphatic carbocycles. The number of aromatic amines is 1. The SMILES string of the molecule is Nc1cn[nH]c1C(=O)NCc1ccc2c(c1)OCO2. The van der Waals surface area contributed by atoms with Crippen molar-refractivity contribution in [2.75, 3.05) is 12.5 Å². The number of carbonyl (C=O) groups excluding carboxylic acids is 1. The molecule has 1 aromatic heterocycles. The summed E-state index contributed by atoms with van der Waals surface area (Å²) in [5.74, 6) is 1.10. The first-order chi connectivity index (χ1) is 9.24. The van der Waals surface area contributed by atoms with E-state index in [4.69, 9.17) is 15.2 Å². The van der Waals surface area contributed by atoms with Gasteiger partial charge in [0.05, 0.1) is 11.9 Å². The Hall–Kier alpha value is -2.70. The zero-order chi connectivity index (χ0) is 13.2. The van der Waals surface area contributed by atoms with Crippen molar-refractivity contribution in [3.05, 3.63) is 35.7 Å². The van der Waals surface area contributed by atoms with Crippen LogP contribution < -0.4 is 20.5 Å². The van der Waals surface area contributed by atoms with E-state index in [9.17, 15) is 4.79 Å². The number of fused-ring (bicyclic) bond motifs is 1. The van der Waals surface area contributed by atoms with Crippen LogP contribution >= 0.6 is 0 Å². The molecule has 0 saturated carbocycles. The monoisotopic (exact) mass is 260 g/mol. The number of aromatic nitrogens is 2. The average Bonchev–Trinajstić information content (AvgIpc) is 3.03. The van der Waals surface area contributed by atoms with Gasteiger partial charge in [-0.1, -0.05) is 6.07 Å². The molecule has 1 aliphatic heterocycles. The fourth-order valence-electron chi connectivity index (χ4n) is 1.80. The van der Waals surface area contributed by atoms with Crippen molar-refractivity contribution in [2.45, 2.75) is 6.54 Å². The minimum Gasteiger partial charge on any atom is -0.454 e. The van der Waals surface area contributed by atoms with E-state index in [1.54, 1.807) is 0 Å². The normalized spacial score (nSPS) is 12.4. The second-order valence-corrected chi connectivity index (χ2v) is 4.07. The van der Waals surface area contributed by atoms with Crippen molar-refractivity contribution in [2.24, 2.45) is 0 Å². The van der Waals surface area contributed by atoms with Gasteiger partial charge in [-0.2, -0.15) is 5.10 Å². The molecule has 0 bridgehead atoms. The minimum atomic E-state index is -0.298. The van der Waals surface area contributed by atoms with Crippen molar-refractivity contribution in [3.8, 4) is 11.5 Å². The van der Waals surface area contributed by atoms with Gasteiger partial charge in [0.15, 0.2) is 11.5 Å². The van der Waals surface area contributed by atoms with E-state index in [0.29, 0.717) is 23.7 Å². The number of hydrogen-bond acceptors (Lipinski definition) is 5. The molecule has 19 heavy (non-hydrogen) atoms. The predicted molar refractivity (Wildman–Crippen MR) is 66.7 cm³/mol. The number of anilines is 1. The molecular weight excluding hydrogens is 248 g/mol. The lowest BCUT2D eigenvalue weighted by molar-refractivity contribution is 0.0946. The van der Waals surface area contributed by atoms with Crippen LogP contribution in [0.3, 0.4) is 0 Å². The van der Waals surface area contributed by atoms with Gasteiger partial charge in [0.25, 0.3) is 5.91 Å². The van der Waals surface area contributed by atoms with Gasteiger partial charge in [0, 0.05) is 6.54 Å². The van der Waals surface area contributed by atoms with Crippen LogP contribution in [-0.2, 0) is 6.54 Å². The summed E-state index contributed by atoms with van der Waals surface area (Å²) in [6, 6.07) is 5.51. The molecule has 7 heteroatoms. The van der Waals surface area contributed by atoms with Crippen LogP contribution in [0.25, 0.3) is 0 Å². The fourth-order valence-corrected chi connectivity index (χ4v) is 1.80. The van der Waals surface area contributed by atoms with Gasteiger partial charge < -0.3 is 20.5 Å². The second-order valence-electron chi connectivity index (χ2n) is 4.07. The summed E-state index contributed by atoms with van der Waals surface area (Å²) in [7, 11) is 0. The van der Waals surface area contributed by atoms with Gasteiger partial charge in [-0.25, -0.2) is 0 Å². The van der Waals surface area contributed by atoms with Crippen LogP contribution in [0.2, 0.25) is 0 Å². The predicted octanol–water partition coefficient (Wildman–Crippen LogP) is 0.651. The van der Waals surface area contributed by atoms with Crippen LogP contribution in [0.15, 0.2) is 24.4 Å². The standard InChI is InChI=1S/C12H12N4O3/c13-8-5-15-16-11(8)12(17)14-4-7-1-2-9-10(3-7)19-6-18-9/h1-3,5H,4,6,13H2,(H,14,17)(H,15,16). The Bertz CT molecular complexity index is 623. The first-order valence-electron chi connectivity index (χ1n) is 5.69. The third-order valence-corrected chi connectivity index (χ3v) is 2.79. The van der Waals surface area contributed by atoms with Gasteiger partial charge in [-0.15, -0.1) is 0 Å². The van der Waals surface area contributed by atoms with Crippen molar-refractivity contribution >= 4 is 11.6 Å². The largest absolute Gasteiger partial charge is 0.454 e. The molecule has 1 amide bonds. The number of ether oxygens (including phenoxy) is 2. The molecular formula is C12H12N4O3. The van der Waals surface area contributed by atoms with E-state index in [-0.39, 0.29) is 18.4 Å². The lowest BCUT2D eigenvalue weighted by Gasteiger charge is -2.05. The maximum absolute atomic E-state index is 11.8. The highest BCUT2D eigenvalue weighted by Gasteiger charge is 2.14. The number of nitrogen functional groups attached to an aromatic ring is 1. The molecule has 4 N–H and O–H groups in total. The number of hydrogen-bond donors (Lipinski definition) is 3. The van der Waals surface area contributed by atoms with Crippen molar-refractivity contribution in [1.82, 2.24) is 15.5 Å². The summed E-state index contributed by atoms with van der Waals surface area (Å²) < 4.78 is 10.5. The van der Waals surface area contributed by atoms with Crippen LogP contribution in [0, 0.1) is 0 Å². The smallest absolute Gasteiger partial charge is 0.271 e. The van der Waals surface area contributed by atoms with Crippen LogP contribution in [-0.4, -0.2) is 22.9 Å². The third kappa shape index (κ3) is 2.17. The van der Waals surface area contributed by atoms with Crippen LogP contribution in [0.4, 0.5) is 5.69 Å². The molecule has 0 saturated heterocycles. The van der Waals surface area contributed by atoms with Crippen molar-refractivity contribution in [1.29, 1.82) is 0 Å². The number of benzene rings is 1. The van der Waals surface area contributed by atoms with Crippen molar-refractivity contribution < 1.29 is 14.3 Å². The van der Waals surface area contributed by atoms with E-state index >= 15 is 0 Å². The molecule has 2 heterocycles. The zero-order valence-electron chi connectivity index (χ0n) is 9.97. The fraction of sp³-hybridized carbons (Fsp3) is 0.167. The summed E-state index contributed by atoms with van der Waals surface area (Å²) in [6.45, 7) is 0.601. The van der Waals surface area contributed by atoms with E-state index in [1.807, 2.05) is 18.2 Å². The Morgan fingerprint density at radius 3 is 3.05 bits per heavy atom. The minimum absolute atomic E-state index is 0.232. The molecule has 2 aromatic rings. The highest BCUT2D eigenvalue weighted by atomic mass is 16.7. The molecule has 0 unspecified atom stereocenters. The van der Waals surface area contributed by atoms with Crippen LogP contribution in [0.5, 0.6) is 11.5 Å². The Balaban J connectivity index is 1.66. The number of amides is 1. The molecule has 0 spiro atoms. The van der Waals surface area contributed by atoms with E-state index < -0.39 is 0 Å². The molecule has 0 atom stereocenters. The zero-order valence-corrected chi connectivity index (χ0v) is 9.97. The summed E-state index contributed by atoms with van der Waals surface area (Å²) in [4.78, 5) is 11.8. The Labute approximate surface area is 108 Å². The van der Waals surface area contributed by atoms with Gasteiger partial charge in [-0.05, 0) is 17.7 Å². The Morgan fingerprint density at radius 2 is 2.26 bits per heavy atom. The summed E-state index contributed by atoms with van der Waals surface area (Å²) in [5.41, 5.74) is 7.09. The summed E-state index contributed by atoms with van der Waals surface area (Å²) in [5, 5.41) is 9.00. The number of carbonyl (C=O) groups is 1. The number of nitrogens with one attached hydrogen (secondary N) is 2.